The standard InChI is InChI=1S/C18H14BrClN2O2/c19-15-7-2-1-4-13(15)17-12-6-3-5-11(12)14-8-10(22(23)24)9-16(20)18(14)21-17/h1-5,7-9,11-12,17,21H,6H2/t11-,12-,17+/m1/s1. The SMILES string of the molecule is O=[N+]([O-])c1cc(Cl)c2c(c1)[C@@H]1C=CC[C@H]1[C@@H](c1ccccc1Br)N2. The quantitative estimate of drug-likeness (QED) is 0.388. The predicted octanol–water partition coefficient (Wildman–Crippen LogP) is 5.84. The summed E-state index contributed by atoms with van der Waals surface area (Å²) in [6, 6.07) is 11.3. The first kappa shape index (κ1) is 15.7. The van der Waals surface area contributed by atoms with Crippen LogP contribution in [0.4, 0.5) is 11.4 Å². The van der Waals surface area contributed by atoms with Crippen molar-refractivity contribution < 1.29 is 4.92 Å². The highest BCUT2D eigenvalue weighted by molar-refractivity contribution is 9.10. The zero-order chi connectivity index (χ0) is 16.8. The van der Waals surface area contributed by atoms with E-state index in [0.717, 1.165) is 22.1 Å². The smallest absolute Gasteiger partial charge is 0.271 e. The topological polar surface area (TPSA) is 55.2 Å². The number of fused-ring (bicyclic) bond motifs is 3. The molecule has 24 heavy (non-hydrogen) atoms. The van der Waals surface area contributed by atoms with Crippen LogP contribution in [0.3, 0.4) is 0 Å². The summed E-state index contributed by atoms with van der Waals surface area (Å²) in [7, 11) is 0. The van der Waals surface area contributed by atoms with Gasteiger partial charge in [0.1, 0.15) is 0 Å². The van der Waals surface area contributed by atoms with Crippen molar-refractivity contribution in [2.45, 2.75) is 18.4 Å². The van der Waals surface area contributed by atoms with Gasteiger partial charge in [-0.05, 0) is 29.5 Å². The molecule has 1 aliphatic heterocycles. The van der Waals surface area contributed by atoms with E-state index in [1.165, 1.54) is 11.6 Å². The number of allylic oxidation sites excluding steroid dienone is 2. The Morgan fingerprint density at radius 1 is 1.25 bits per heavy atom. The Morgan fingerprint density at radius 2 is 2.04 bits per heavy atom. The molecule has 0 radical (unpaired) electrons. The molecule has 1 aliphatic carbocycles. The second-order valence-electron chi connectivity index (χ2n) is 6.15. The average Bonchev–Trinajstić information content (AvgIpc) is 3.05. The van der Waals surface area contributed by atoms with Crippen LogP contribution in [0, 0.1) is 16.0 Å². The zero-order valence-corrected chi connectivity index (χ0v) is 14.9. The highest BCUT2D eigenvalue weighted by Gasteiger charge is 2.40. The lowest BCUT2D eigenvalue weighted by Gasteiger charge is -2.38. The molecule has 2 aromatic rings. The minimum atomic E-state index is -0.389. The summed E-state index contributed by atoms with van der Waals surface area (Å²) >= 11 is 10.0. The Morgan fingerprint density at radius 3 is 2.79 bits per heavy atom. The van der Waals surface area contributed by atoms with Crippen LogP contribution in [-0.2, 0) is 0 Å². The van der Waals surface area contributed by atoms with Crippen molar-refractivity contribution in [1.82, 2.24) is 0 Å². The molecule has 0 amide bonds. The molecule has 4 nitrogen and oxygen atoms in total. The van der Waals surface area contributed by atoms with Gasteiger partial charge in [-0.15, -0.1) is 0 Å². The maximum atomic E-state index is 11.2. The van der Waals surface area contributed by atoms with Gasteiger partial charge in [-0.1, -0.05) is 57.9 Å². The predicted molar refractivity (Wildman–Crippen MR) is 98.6 cm³/mol. The first-order valence-corrected chi connectivity index (χ1v) is 8.89. The van der Waals surface area contributed by atoms with Gasteiger partial charge < -0.3 is 5.32 Å². The summed E-state index contributed by atoms with van der Waals surface area (Å²) in [4.78, 5) is 10.8. The van der Waals surface area contributed by atoms with Gasteiger partial charge in [0.15, 0.2) is 0 Å². The monoisotopic (exact) mass is 404 g/mol. The molecule has 1 N–H and O–H groups in total. The van der Waals surface area contributed by atoms with E-state index < -0.39 is 0 Å². The van der Waals surface area contributed by atoms with E-state index in [1.807, 2.05) is 18.2 Å². The van der Waals surface area contributed by atoms with Crippen LogP contribution in [0.5, 0.6) is 0 Å². The zero-order valence-electron chi connectivity index (χ0n) is 12.6. The molecule has 0 saturated heterocycles. The summed E-state index contributed by atoms with van der Waals surface area (Å²) < 4.78 is 1.05. The van der Waals surface area contributed by atoms with Gasteiger partial charge >= 0.3 is 0 Å². The fourth-order valence-corrected chi connectivity index (χ4v) is 4.59. The van der Waals surface area contributed by atoms with Crippen LogP contribution in [0.15, 0.2) is 53.0 Å². The van der Waals surface area contributed by atoms with Crippen LogP contribution < -0.4 is 5.32 Å². The summed E-state index contributed by atoms with van der Waals surface area (Å²) in [6.45, 7) is 0. The first-order chi connectivity index (χ1) is 11.6. The van der Waals surface area contributed by atoms with Gasteiger partial charge in [0.05, 0.1) is 21.7 Å². The molecule has 0 unspecified atom stereocenters. The van der Waals surface area contributed by atoms with E-state index in [9.17, 15) is 10.1 Å². The Kier molecular flexibility index (Phi) is 3.85. The summed E-state index contributed by atoms with van der Waals surface area (Å²) in [6.07, 6.45) is 5.24. The van der Waals surface area contributed by atoms with Crippen LogP contribution in [-0.4, -0.2) is 4.92 Å². The minimum Gasteiger partial charge on any atom is -0.376 e. The molecule has 0 bridgehead atoms. The van der Waals surface area contributed by atoms with Crippen molar-refractivity contribution in [2.75, 3.05) is 5.32 Å². The third-order valence-electron chi connectivity index (χ3n) is 4.86. The molecular weight excluding hydrogens is 392 g/mol. The highest BCUT2D eigenvalue weighted by atomic mass is 79.9. The van der Waals surface area contributed by atoms with Crippen LogP contribution in [0.2, 0.25) is 5.02 Å². The molecule has 0 aromatic heterocycles. The number of halogens is 2. The average molecular weight is 406 g/mol. The summed E-state index contributed by atoms with van der Waals surface area (Å²) in [5.74, 6) is 0.449. The molecule has 0 fully saturated rings. The van der Waals surface area contributed by atoms with Crippen LogP contribution >= 0.6 is 27.5 Å². The number of hydrogen-bond acceptors (Lipinski definition) is 3. The molecule has 2 aliphatic rings. The van der Waals surface area contributed by atoms with Gasteiger partial charge in [-0.25, -0.2) is 0 Å². The number of rotatable bonds is 2. The molecule has 0 spiro atoms. The van der Waals surface area contributed by atoms with Gasteiger partial charge in [0.2, 0.25) is 0 Å². The molecule has 6 heteroatoms. The van der Waals surface area contributed by atoms with E-state index in [0.29, 0.717) is 10.9 Å². The lowest BCUT2D eigenvalue weighted by atomic mass is 9.77. The van der Waals surface area contributed by atoms with E-state index in [1.54, 1.807) is 6.07 Å². The Hall–Kier alpha value is -1.85. The Bertz CT molecular complexity index is 868. The number of nitro benzene ring substituents is 1. The fourth-order valence-electron chi connectivity index (χ4n) is 3.78. The number of benzene rings is 2. The van der Waals surface area contributed by atoms with Gasteiger partial charge in [-0.3, -0.25) is 10.1 Å². The Balaban J connectivity index is 1.85. The van der Waals surface area contributed by atoms with Crippen LogP contribution in [0.25, 0.3) is 0 Å². The van der Waals surface area contributed by atoms with E-state index >= 15 is 0 Å². The molecule has 122 valence electrons. The normalized spacial score (nSPS) is 24.2. The maximum Gasteiger partial charge on any atom is 0.271 e. The Labute approximate surface area is 152 Å². The van der Waals surface area contributed by atoms with E-state index in [-0.39, 0.29) is 22.6 Å². The second kappa shape index (κ2) is 5.90. The fraction of sp³-hybridized carbons (Fsp3) is 0.222. The van der Waals surface area contributed by atoms with Crippen molar-refractivity contribution >= 4 is 38.9 Å². The van der Waals surface area contributed by atoms with Crippen molar-refractivity contribution in [3.05, 3.63) is 79.3 Å². The number of nitrogens with zero attached hydrogens (tertiary/aromatic N) is 1. The molecule has 4 rings (SSSR count). The summed E-state index contributed by atoms with van der Waals surface area (Å²) in [5.41, 5.74) is 2.93. The van der Waals surface area contributed by atoms with Gasteiger partial charge in [0, 0.05) is 22.5 Å². The van der Waals surface area contributed by atoms with Crippen LogP contribution in [0.1, 0.15) is 29.5 Å². The number of nitro groups is 1. The van der Waals surface area contributed by atoms with Crippen molar-refractivity contribution in [1.29, 1.82) is 0 Å². The van der Waals surface area contributed by atoms with Crippen molar-refractivity contribution in [3.8, 4) is 0 Å². The molecule has 1 heterocycles. The minimum absolute atomic E-state index is 0.0407. The number of anilines is 1. The molecule has 2 aromatic carbocycles. The van der Waals surface area contributed by atoms with Crippen molar-refractivity contribution in [3.63, 3.8) is 0 Å². The van der Waals surface area contributed by atoms with E-state index in [2.05, 4.69) is 39.5 Å². The van der Waals surface area contributed by atoms with E-state index in [4.69, 9.17) is 11.6 Å². The lowest BCUT2D eigenvalue weighted by molar-refractivity contribution is -0.384. The second-order valence-corrected chi connectivity index (χ2v) is 7.41. The highest BCUT2D eigenvalue weighted by Crippen LogP contribution is 2.53. The first-order valence-electron chi connectivity index (χ1n) is 7.71. The maximum absolute atomic E-state index is 11.2. The molecule has 3 atom stereocenters. The number of hydrogen-bond donors (Lipinski definition) is 1. The molecular formula is C18H14BrClN2O2. The number of non-ortho nitro benzene ring substituents is 1. The molecule has 0 saturated carbocycles. The van der Waals surface area contributed by atoms with Crippen molar-refractivity contribution in [2.24, 2.45) is 5.92 Å². The third-order valence-corrected chi connectivity index (χ3v) is 5.88. The van der Waals surface area contributed by atoms with Gasteiger partial charge in [0.25, 0.3) is 5.69 Å². The lowest BCUT2D eigenvalue weighted by Crippen LogP contribution is -2.29. The van der Waals surface area contributed by atoms with Gasteiger partial charge in [-0.2, -0.15) is 0 Å². The summed E-state index contributed by atoms with van der Waals surface area (Å²) in [5, 5.41) is 15.1. The third kappa shape index (κ3) is 2.43. The largest absolute Gasteiger partial charge is 0.376 e. The number of nitrogens with one attached hydrogen (secondary N) is 1.